The Morgan fingerprint density at radius 3 is 2.31 bits per heavy atom. The van der Waals surface area contributed by atoms with Crippen molar-refractivity contribution < 1.29 is 23.8 Å². The van der Waals surface area contributed by atoms with E-state index in [-0.39, 0.29) is 37.1 Å². The predicted molar refractivity (Wildman–Crippen MR) is 158 cm³/mol. The molecule has 2 aromatic heterocycles. The number of hydrogen-bond acceptors (Lipinski definition) is 7. The Kier molecular flexibility index (Phi) is 8.84. The van der Waals surface area contributed by atoms with Crippen molar-refractivity contribution in [2.45, 2.75) is 19.8 Å². The summed E-state index contributed by atoms with van der Waals surface area (Å²) < 4.78 is 20.5. The summed E-state index contributed by atoms with van der Waals surface area (Å²) in [7, 11) is 0. The maximum absolute atomic E-state index is 13.1. The van der Waals surface area contributed by atoms with Gasteiger partial charge in [0.1, 0.15) is 17.3 Å². The Labute approximate surface area is 242 Å². The Morgan fingerprint density at radius 2 is 1.62 bits per heavy atom. The number of ether oxygens (including phenoxy) is 1. The number of carbonyl (C=O) groups is 2. The molecular weight excluding hydrogens is 537 g/mol. The van der Waals surface area contributed by atoms with Crippen LogP contribution in [0.3, 0.4) is 0 Å². The molecule has 0 aliphatic carbocycles. The molecule has 0 bridgehead atoms. The van der Waals surface area contributed by atoms with Gasteiger partial charge in [-0.05, 0) is 66.1 Å². The first-order valence-electron chi connectivity index (χ1n) is 13.6. The Hall–Kier alpha value is -5.09. The number of nitrogens with zero attached hydrogens (tertiary/aromatic N) is 3. The summed E-state index contributed by atoms with van der Waals surface area (Å²) >= 11 is 0. The highest BCUT2D eigenvalue weighted by Gasteiger charge is 2.13. The number of anilines is 2. The van der Waals surface area contributed by atoms with Crippen LogP contribution >= 0.6 is 0 Å². The first-order chi connectivity index (χ1) is 20.4. The lowest BCUT2D eigenvalue weighted by Crippen LogP contribution is -2.26. The quantitative estimate of drug-likeness (QED) is 0.199. The van der Waals surface area contributed by atoms with Gasteiger partial charge in [0.15, 0.2) is 5.65 Å². The van der Waals surface area contributed by atoms with Crippen molar-refractivity contribution in [2.24, 2.45) is 0 Å². The summed E-state index contributed by atoms with van der Waals surface area (Å²) in [6, 6.07) is 22.6. The van der Waals surface area contributed by atoms with Gasteiger partial charge in [-0.1, -0.05) is 36.4 Å². The van der Waals surface area contributed by atoms with E-state index in [4.69, 9.17) is 9.84 Å². The molecule has 214 valence electrons. The highest BCUT2D eigenvalue weighted by molar-refractivity contribution is 5.95. The first kappa shape index (κ1) is 28.4. The van der Waals surface area contributed by atoms with Gasteiger partial charge in [-0.25, -0.2) is 8.91 Å². The number of aliphatic hydroxyl groups excluding tert-OH is 1. The van der Waals surface area contributed by atoms with Gasteiger partial charge >= 0.3 is 0 Å². The normalized spacial score (nSPS) is 10.9. The van der Waals surface area contributed by atoms with Crippen molar-refractivity contribution in [2.75, 3.05) is 25.1 Å². The number of aromatic nitrogens is 3. The van der Waals surface area contributed by atoms with Crippen LogP contribution < -0.4 is 15.4 Å². The standard InChI is InChI=1S/C32H30FN5O4/c1-2-42-29-19-24(31(41)34-15-16-39)9-13-28(29)35-32-36-30-14-10-25(20-38(30)37-32)23-7-3-21(4-8-23)17-27(40)18-22-5-11-26(33)12-6-22/h3-14,19-20,39H,2,15-18H2,1H3,(H,34,41)(H,35,37). The number of benzene rings is 3. The Morgan fingerprint density at radius 1 is 0.929 bits per heavy atom. The predicted octanol–water partition coefficient (Wildman–Crippen LogP) is 4.75. The van der Waals surface area contributed by atoms with E-state index in [1.54, 1.807) is 34.8 Å². The van der Waals surface area contributed by atoms with Crippen LogP contribution in [0.4, 0.5) is 16.0 Å². The van der Waals surface area contributed by atoms with Crippen LogP contribution in [0.15, 0.2) is 85.1 Å². The number of halogens is 1. The molecule has 42 heavy (non-hydrogen) atoms. The van der Waals surface area contributed by atoms with Crippen molar-refractivity contribution in [3.63, 3.8) is 0 Å². The van der Waals surface area contributed by atoms with Gasteiger partial charge < -0.3 is 20.5 Å². The summed E-state index contributed by atoms with van der Waals surface area (Å²) in [4.78, 5) is 29.3. The number of hydrogen-bond donors (Lipinski definition) is 3. The molecule has 5 rings (SSSR count). The van der Waals surface area contributed by atoms with Gasteiger partial charge in [0.2, 0.25) is 5.95 Å². The first-order valence-corrected chi connectivity index (χ1v) is 13.6. The average molecular weight is 568 g/mol. The second-order valence-electron chi connectivity index (χ2n) is 9.62. The third kappa shape index (κ3) is 6.97. The summed E-state index contributed by atoms with van der Waals surface area (Å²) in [5, 5.41) is 19.3. The molecule has 0 spiro atoms. The van der Waals surface area contributed by atoms with Crippen LogP contribution in [0.1, 0.15) is 28.4 Å². The van der Waals surface area contributed by atoms with E-state index >= 15 is 0 Å². The molecule has 0 saturated carbocycles. The summed E-state index contributed by atoms with van der Waals surface area (Å²) in [5.74, 6) is 0.276. The molecule has 0 aliphatic heterocycles. The number of aliphatic hydroxyl groups is 1. The SMILES string of the molecule is CCOc1cc(C(=O)NCCO)ccc1Nc1nc2ccc(-c3ccc(CC(=O)Cc4ccc(F)cc4)cc3)cn2n1. The zero-order chi connectivity index (χ0) is 29.5. The van der Waals surface area contributed by atoms with E-state index in [9.17, 15) is 14.0 Å². The molecule has 2 heterocycles. The van der Waals surface area contributed by atoms with Crippen molar-refractivity contribution >= 4 is 29.0 Å². The van der Waals surface area contributed by atoms with Crippen LogP contribution in [0.5, 0.6) is 5.75 Å². The number of rotatable bonds is 12. The highest BCUT2D eigenvalue weighted by atomic mass is 19.1. The number of nitrogens with one attached hydrogen (secondary N) is 2. The van der Waals surface area contributed by atoms with Crippen molar-refractivity contribution in [3.05, 3.63) is 108 Å². The smallest absolute Gasteiger partial charge is 0.251 e. The second kappa shape index (κ2) is 13.0. The third-order valence-electron chi connectivity index (χ3n) is 6.52. The maximum atomic E-state index is 13.1. The Balaban J connectivity index is 1.27. The van der Waals surface area contributed by atoms with E-state index in [2.05, 4.69) is 20.7 Å². The van der Waals surface area contributed by atoms with Crippen molar-refractivity contribution in [1.82, 2.24) is 19.9 Å². The van der Waals surface area contributed by atoms with Crippen LogP contribution in [-0.2, 0) is 17.6 Å². The molecule has 0 atom stereocenters. The summed E-state index contributed by atoms with van der Waals surface area (Å²) in [5.41, 5.74) is 5.25. The highest BCUT2D eigenvalue weighted by Crippen LogP contribution is 2.29. The lowest BCUT2D eigenvalue weighted by Gasteiger charge is -2.12. The number of pyridine rings is 1. The second-order valence-corrected chi connectivity index (χ2v) is 9.62. The van der Waals surface area contributed by atoms with Crippen LogP contribution in [0.2, 0.25) is 0 Å². The molecule has 5 aromatic rings. The minimum absolute atomic E-state index is 0.0607. The minimum Gasteiger partial charge on any atom is -0.492 e. The molecule has 3 aromatic carbocycles. The molecule has 0 radical (unpaired) electrons. The summed E-state index contributed by atoms with van der Waals surface area (Å²) in [6.45, 7) is 2.28. The minimum atomic E-state index is -0.317. The van der Waals surface area contributed by atoms with Crippen LogP contribution in [0, 0.1) is 5.82 Å². The zero-order valence-corrected chi connectivity index (χ0v) is 23.0. The Bertz CT molecular complexity index is 1700. The fraction of sp³-hybridized carbons (Fsp3) is 0.188. The number of amides is 1. The van der Waals surface area contributed by atoms with Gasteiger partial charge in [0.25, 0.3) is 5.91 Å². The lowest BCUT2D eigenvalue weighted by molar-refractivity contribution is -0.117. The molecule has 3 N–H and O–H groups in total. The molecule has 0 unspecified atom stereocenters. The molecule has 0 aliphatic rings. The van der Waals surface area contributed by atoms with Gasteiger partial charge in [-0.3, -0.25) is 9.59 Å². The fourth-order valence-electron chi connectivity index (χ4n) is 4.48. The van der Waals surface area contributed by atoms with Gasteiger partial charge in [0.05, 0.1) is 18.9 Å². The zero-order valence-electron chi connectivity index (χ0n) is 23.0. The van der Waals surface area contributed by atoms with E-state index < -0.39 is 0 Å². The molecule has 0 fully saturated rings. The lowest BCUT2D eigenvalue weighted by atomic mass is 10.0. The third-order valence-corrected chi connectivity index (χ3v) is 6.52. The van der Waals surface area contributed by atoms with E-state index in [0.29, 0.717) is 41.6 Å². The monoisotopic (exact) mass is 567 g/mol. The fourth-order valence-corrected chi connectivity index (χ4v) is 4.48. The number of ketones is 1. The van der Waals surface area contributed by atoms with E-state index in [1.165, 1.54) is 12.1 Å². The molecule has 9 nitrogen and oxygen atoms in total. The van der Waals surface area contributed by atoms with E-state index in [1.807, 2.05) is 49.5 Å². The average Bonchev–Trinajstić information content (AvgIpc) is 3.40. The van der Waals surface area contributed by atoms with E-state index in [0.717, 1.165) is 22.3 Å². The number of Topliss-reactive ketones (excluding diaryl/α,β-unsaturated/α-hetero) is 1. The summed E-state index contributed by atoms with van der Waals surface area (Å²) in [6.07, 6.45) is 2.44. The van der Waals surface area contributed by atoms with Crippen molar-refractivity contribution in [1.29, 1.82) is 0 Å². The number of fused-ring (bicyclic) bond motifs is 1. The van der Waals surface area contributed by atoms with Gasteiger partial charge in [-0.15, -0.1) is 5.10 Å². The largest absolute Gasteiger partial charge is 0.492 e. The molecule has 1 amide bonds. The number of carbonyl (C=O) groups excluding carboxylic acids is 2. The molecule has 10 heteroatoms. The van der Waals surface area contributed by atoms with Gasteiger partial charge in [-0.2, -0.15) is 4.98 Å². The molecular formula is C32H30FN5O4. The van der Waals surface area contributed by atoms with Crippen molar-refractivity contribution in [3.8, 4) is 16.9 Å². The van der Waals surface area contributed by atoms with Gasteiger partial charge in [0, 0.05) is 36.7 Å². The van der Waals surface area contributed by atoms with Crippen LogP contribution in [0.25, 0.3) is 16.8 Å². The topological polar surface area (TPSA) is 118 Å². The molecule has 0 saturated heterocycles. The van der Waals surface area contributed by atoms with Crippen LogP contribution in [-0.4, -0.2) is 51.2 Å². The maximum Gasteiger partial charge on any atom is 0.251 e.